The SMILES string of the molecule is COc1ccc(S(=O)(=O)N2CCCC(C(=O)OCc3ccn(-c4ccccc4)n3)C2)cc1. The van der Waals surface area contributed by atoms with E-state index in [-0.39, 0.29) is 18.0 Å². The standard InChI is InChI=1S/C23H25N3O5S/c1-30-21-9-11-22(12-10-21)32(28,29)25-14-5-6-18(16-25)23(27)31-17-19-13-15-26(24-19)20-7-3-2-4-8-20/h2-4,7-13,15,18H,5-6,14,16-17H2,1H3. The normalized spacial score (nSPS) is 17.1. The van der Waals surface area contributed by atoms with Gasteiger partial charge in [-0.15, -0.1) is 0 Å². The van der Waals surface area contributed by atoms with E-state index in [2.05, 4.69) is 5.10 Å². The fourth-order valence-electron chi connectivity index (χ4n) is 3.68. The molecule has 2 heterocycles. The minimum absolute atomic E-state index is 0.0421. The number of hydrogen-bond acceptors (Lipinski definition) is 6. The monoisotopic (exact) mass is 455 g/mol. The summed E-state index contributed by atoms with van der Waals surface area (Å²) < 4.78 is 39.6. The van der Waals surface area contributed by atoms with Gasteiger partial charge in [-0.25, -0.2) is 13.1 Å². The van der Waals surface area contributed by atoms with Crippen molar-refractivity contribution in [3.63, 3.8) is 0 Å². The van der Waals surface area contributed by atoms with Crippen LogP contribution in [0.2, 0.25) is 0 Å². The Bertz CT molecular complexity index is 1160. The number of para-hydroxylation sites is 1. The predicted octanol–water partition coefficient (Wildman–Crippen LogP) is 3.03. The van der Waals surface area contributed by atoms with Gasteiger partial charge in [0.05, 0.1) is 23.6 Å². The Labute approximate surface area is 187 Å². The first-order chi connectivity index (χ1) is 15.5. The van der Waals surface area contributed by atoms with Gasteiger partial charge in [0.25, 0.3) is 0 Å². The largest absolute Gasteiger partial charge is 0.497 e. The average Bonchev–Trinajstić information content (AvgIpc) is 3.32. The quantitative estimate of drug-likeness (QED) is 0.509. The highest BCUT2D eigenvalue weighted by Gasteiger charge is 2.34. The topological polar surface area (TPSA) is 90.7 Å². The van der Waals surface area contributed by atoms with Crippen LogP contribution < -0.4 is 4.74 Å². The summed E-state index contributed by atoms with van der Waals surface area (Å²) in [4.78, 5) is 12.8. The van der Waals surface area contributed by atoms with E-state index in [4.69, 9.17) is 9.47 Å². The molecule has 1 aromatic heterocycles. The van der Waals surface area contributed by atoms with Crippen molar-refractivity contribution < 1.29 is 22.7 Å². The van der Waals surface area contributed by atoms with Crippen molar-refractivity contribution in [2.75, 3.05) is 20.2 Å². The van der Waals surface area contributed by atoms with E-state index in [0.29, 0.717) is 30.8 Å². The molecular weight excluding hydrogens is 430 g/mol. The number of hydrogen-bond donors (Lipinski definition) is 0. The third-order valence-corrected chi connectivity index (χ3v) is 7.32. The minimum Gasteiger partial charge on any atom is -0.497 e. The van der Waals surface area contributed by atoms with Crippen LogP contribution in [0.3, 0.4) is 0 Å². The number of rotatable bonds is 7. The third kappa shape index (κ3) is 4.84. The molecule has 0 N–H and O–H groups in total. The zero-order valence-electron chi connectivity index (χ0n) is 17.8. The van der Waals surface area contributed by atoms with E-state index in [0.717, 1.165) is 5.69 Å². The van der Waals surface area contributed by atoms with Gasteiger partial charge in [0.1, 0.15) is 18.1 Å². The molecule has 168 valence electrons. The highest BCUT2D eigenvalue weighted by atomic mass is 32.2. The van der Waals surface area contributed by atoms with Gasteiger partial charge < -0.3 is 9.47 Å². The molecular formula is C23H25N3O5S. The molecule has 4 rings (SSSR count). The van der Waals surface area contributed by atoms with Crippen molar-refractivity contribution in [1.82, 2.24) is 14.1 Å². The molecule has 0 radical (unpaired) electrons. The lowest BCUT2D eigenvalue weighted by Gasteiger charge is -2.30. The van der Waals surface area contributed by atoms with Gasteiger partial charge >= 0.3 is 5.97 Å². The number of aromatic nitrogens is 2. The van der Waals surface area contributed by atoms with Gasteiger partial charge in [0.2, 0.25) is 10.0 Å². The van der Waals surface area contributed by atoms with Crippen LogP contribution in [0.1, 0.15) is 18.5 Å². The molecule has 1 saturated heterocycles. The second-order valence-corrected chi connectivity index (χ2v) is 9.51. The molecule has 1 fully saturated rings. The van der Waals surface area contributed by atoms with Crippen molar-refractivity contribution in [2.45, 2.75) is 24.3 Å². The molecule has 9 heteroatoms. The molecule has 0 spiro atoms. The summed E-state index contributed by atoms with van der Waals surface area (Å²) in [6.07, 6.45) is 2.99. The summed E-state index contributed by atoms with van der Waals surface area (Å²) in [5, 5.41) is 4.43. The average molecular weight is 456 g/mol. The van der Waals surface area contributed by atoms with Gasteiger partial charge in [-0.05, 0) is 55.3 Å². The van der Waals surface area contributed by atoms with Crippen LogP contribution in [0.4, 0.5) is 0 Å². The number of carbonyl (C=O) groups is 1. The Hall–Kier alpha value is -3.17. The van der Waals surface area contributed by atoms with E-state index < -0.39 is 21.9 Å². The molecule has 32 heavy (non-hydrogen) atoms. The molecule has 0 amide bonds. The Kier molecular flexibility index (Phi) is 6.57. The molecule has 3 aromatic rings. The molecule has 0 saturated carbocycles. The molecule has 8 nitrogen and oxygen atoms in total. The van der Waals surface area contributed by atoms with Crippen molar-refractivity contribution in [1.29, 1.82) is 0 Å². The number of benzene rings is 2. The molecule has 2 aromatic carbocycles. The number of esters is 1. The highest BCUT2D eigenvalue weighted by Crippen LogP contribution is 2.26. The third-order valence-electron chi connectivity index (χ3n) is 5.44. The molecule has 1 atom stereocenters. The Morgan fingerprint density at radius 3 is 2.56 bits per heavy atom. The number of methoxy groups -OCH3 is 1. The van der Waals surface area contributed by atoms with Crippen LogP contribution in [-0.2, 0) is 26.2 Å². The summed E-state index contributed by atoms with van der Waals surface area (Å²) in [6.45, 7) is 0.520. The fraction of sp³-hybridized carbons (Fsp3) is 0.304. The van der Waals surface area contributed by atoms with Gasteiger partial charge in [0.15, 0.2) is 0 Å². The van der Waals surface area contributed by atoms with Gasteiger partial charge in [-0.1, -0.05) is 18.2 Å². The maximum atomic E-state index is 13.0. The van der Waals surface area contributed by atoms with E-state index in [9.17, 15) is 13.2 Å². The zero-order valence-corrected chi connectivity index (χ0v) is 18.6. The first-order valence-electron chi connectivity index (χ1n) is 10.4. The van der Waals surface area contributed by atoms with E-state index in [1.54, 1.807) is 22.9 Å². The zero-order chi connectivity index (χ0) is 22.6. The number of ether oxygens (including phenoxy) is 2. The smallest absolute Gasteiger partial charge is 0.310 e. The Balaban J connectivity index is 1.37. The molecule has 0 aliphatic carbocycles. The number of sulfonamides is 1. The number of carbonyl (C=O) groups excluding carboxylic acids is 1. The fourth-order valence-corrected chi connectivity index (χ4v) is 5.20. The van der Waals surface area contributed by atoms with Crippen LogP contribution in [0.5, 0.6) is 5.75 Å². The lowest BCUT2D eigenvalue weighted by molar-refractivity contribution is -0.151. The summed E-state index contributed by atoms with van der Waals surface area (Å²) >= 11 is 0. The van der Waals surface area contributed by atoms with E-state index >= 15 is 0 Å². The summed E-state index contributed by atoms with van der Waals surface area (Å²) in [5.74, 6) is -0.333. The molecule has 1 aliphatic rings. The van der Waals surface area contributed by atoms with E-state index in [1.807, 2.05) is 36.5 Å². The maximum Gasteiger partial charge on any atom is 0.310 e. The second kappa shape index (κ2) is 9.54. The maximum absolute atomic E-state index is 13.0. The van der Waals surface area contributed by atoms with Crippen molar-refractivity contribution >= 4 is 16.0 Å². The van der Waals surface area contributed by atoms with Crippen LogP contribution in [0.15, 0.2) is 71.8 Å². The van der Waals surface area contributed by atoms with Gasteiger partial charge in [0, 0.05) is 19.3 Å². The van der Waals surface area contributed by atoms with Crippen LogP contribution in [-0.4, -0.2) is 48.7 Å². The van der Waals surface area contributed by atoms with Gasteiger partial charge in [-0.3, -0.25) is 4.79 Å². The molecule has 1 unspecified atom stereocenters. The second-order valence-electron chi connectivity index (χ2n) is 7.57. The van der Waals surface area contributed by atoms with Crippen molar-refractivity contribution in [2.24, 2.45) is 5.92 Å². The highest BCUT2D eigenvalue weighted by molar-refractivity contribution is 7.89. The first kappa shape index (κ1) is 22.0. The number of piperidine rings is 1. The van der Waals surface area contributed by atoms with Crippen LogP contribution in [0, 0.1) is 5.92 Å². The van der Waals surface area contributed by atoms with E-state index in [1.165, 1.54) is 23.5 Å². The summed E-state index contributed by atoms with van der Waals surface area (Å²) in [5.41, 5.74) is 1.54. The molecule has 0 bridgehead atoms. The van der Waals surface area contributed by atoms with Crippen LogP contribution in [0.25, 0.3) is 5.69 Å². The summed E-state index contributed by atoms with van der Waals surface area (Å²) in [7, 11) is -2.17. The Morgan fingerprint density at radius 2 is 1.84 bits per heavy atom. The number of nitrogens with zero attached hydrogens (tertiary/aromatic N) is 3. The van der Waals surface area contributed by atoms with Crippen LogP contribution >= 0.6 is 0 Å². The minimum atomic E-state index is -3.69. The lowest BCUT2D eigenvalue weighted by Crippen LogP contribution is -2.42. The summed E-state index contributed by atoms with van der Waals surface area (Å²) in [6, 6.07) is 17.7. The van der Waals surface area contributed by atoms with Gasteiger partial charge in [-0.2, -0.15) is 9.40 Å². The lowest BCUT2D eigenvalue weighted by atomic mass is 10.00. The van der Waals surface area contributed by atoms with Crippen molar-refractivity contribution in [3.8, 4) is 11.4 Å². The first-order valence-corrected chi connectivity index (χ1v) is 11.8. The molecule has 1 aliphatic heterocycles. The predicted molar refractivity (Wildman–Crippen MR) is 118 cm³/mol. The Morgan fingerprint density at radius 1 is 1.09 bits per heavy atom. The van der Waals surface area contributed by atoms with Crippen molar-refractivity contribution in [3.05, 3.63) is 72.6 Å².